The molecule has 0 radical (unpaired) electrons. The van der Waals surface area contributed by atoms with E-state index in [1.54, 1.807) is 10.9 Å². The number of hydrogen-bond acceptors (Lipinski definition) is 6. The Balaban J connectivity index is 1.19. The minimum absolute atomic E-state index is 0.0204. The standard InChI is InChI=1S/C22H29N3O3S/c1-3-17-10-18-20(29-17)5-8-27-22(18)6-7-24(15(2)11-22)12-16-13-25(14-16)21(26)19-4-9-28-23-19/h4,9-10,15-16H,3,5-8,11-14H2,1-2H3/t15-,22+/m0/s1. The summed E-state index contributed by atoms with van der Waals surface area (Å²) >= 11 is 1.99. The minimum Gasteiger partial charge on any atom is -0.370 e. The molecule has 0 unspecified atom stereocenters. The molecule has 2 aromatic rings. The van der Waals surface area contributed by atoms with Gasteiger partial charge in [0.1, 0.15) is 6.26 Å². The van der Waals surface area contributed by atoms with E-state index in [0.717, 1.165) is 58.5 Å². The highest BCUT2D eigenvalue weighted by atomic mass is 32.1. The topological polar surface area (TPSA) is 58.8 Å². The van der Waals surface area contributed by atoms with Gasteiger partial charge in [-0.3, -0.25) is 4.79 Å². The number of piperidine rings is 1. The van der Waals surface area contributed by atoms with Gasteiger partial charge < -0.3 is 19.1 Å². The van der Waals surface area contributed by atoms with Crippen molar-refractivity contribution in [2.24, 2.45) is 5.92 Å². The van der Waals surface area contributed by atoms with Crippen LogP contribution in [0.1, 0.15) is 52.5 Å². The maximum absolute atomic E-state index is 12.3. The van der Waals surface area contributed by atoms with Crippen molar-refractivity contribution in [3.05, 3.63) is 39.4 Å². The lowest BCUT2D eigenvalue weighted by Crippen LogP contribution is -2.57. The maximum Gasteiger partial charge on any atom is 0.276 e. The first-order valence-corrected chi connectivity index (χ1v) is 11.6. The molecule has 5 heterocycles. The van der Waals surface area contributed by atoms with Crippen LogP contribution in [0.3, 0.4) is 0 Å². The summed E-state index contributed by atoms with van der Waals surface area (Å²) in [5.74, 6) is 0.519. The fourth-order valence-corrected chi connectivity index (χ4v) is 6.39. The summed E-state index contributed by atoms with van der Waals surface area (Å²) in [6.45, 7) is 9.16. The molecule has 0 saturated carbocycles. The van der Waals surface area contributed by atoms with Crippen LogP contribution in [0.5, 0.6) is 0 Å². The van der Waals surface area contributed by atoms with Crippen LogP contribution in [-0.2, 0) is 23.2 Å². The number of aryl methyl sites for hydroxylation is 1. The molecule has 29 heavy (non-hydrogen) atoms. The molecule has 0 N–H and O–H groups in total. The van der Waals surface area contributed by atoms with E-state index in [4.69, 9.17) is 9.26 Å². The predicted molar refractivity (Wildman–Crippen MR) is 111 cm³/mol. The van der Waals surface area contributed by atoms with Crippen LogP contribution in [0, 0.1) is 5.92 Å². The second kappa shape index (κ2) is 7.52. The zero-order valence-electron chi connectivity index (χ0n) is 17.2. The largest absolute Gasteiger partial charge is 0.370 e. The van der Waals surface area contributed by atoms with E-state index in [2.05, 4.69) is 30.0 Å². The third kappa shape index (κ3) is 3.43. The van der Waals surface area contributed by atoms with E-state index in [1.165, 1.54) is 16.7 Å². The number of fused-ring (bicyclic) bond motifs is 2. The highest BCUT2D eigenvalue weighted by molar-refractivity contribution is 7.12. The Kier molecular flexibility index (Phi) is 5.00. The number of carbonyl (C=O) groups excluding carboxylic acids is 1. The smallest absolute Gasteiger partial charge is 0.276 e. The number of hydrogen-bond donors (Lipinski definition) is 0. The normalized spacial score (nSPS) is 27.8. The van der Waals surface area contributed by atoms with Crippen LogP contribution >= 0.6 is 11.3 Å². The number of carbonyl (C=O) groups is 1. The number of amides is 1. The molecule has 5 rings (SSSR count). The van der Waals surface area contributed by atoms with Crippen LogP contribution in [0.15, 0.2) is 22.9 Å². The van der Waals surface area contributed by atoms with Gasteiger partial charge in [0.15, 0.2) is 5.69 Å². The number of nitrogens with zero attached hydrogens (tertiary/aromatic N) is 3. The number of aromatic nitrogens is 1. The van der Waals surface area contributed by atoms with Gasteiger partial charge in [0.2, 0.25) is 0 Å². The van der Waals surface area contributed by atoms with Gasteiger partial charge in [-0.25, -0.2) is 0 Å². The molecule has 2 fully saturated rings. The lowest BCUT2D eigenvalue weighted by atomic mass is 9.79. The number of thiophene rings is 1. The Labute approximate surface area is 175 Å². The summed E-state index contributed by atoms with van der Waals surface area (Å²) in [6.07, 6.45) is 5.76. The van der Waals surface area contributed by atoms with E-state index in [9.17, 15) is 4.79 Å². The molecule has 3 aliphatic rings. The van der Waals surface area contributed by atoms with E-state index in [1.807, 2.05) is 16.2 Å². The lowest BCUT2D eigenvalue weighted by molar-refractivity contribution is -0.114. The highest BCUT2D eigenvalue weighted by Crippen LogP contribution is 2.46. The Hall–Kier alpha value is -1.70. The lowest BCUT2D eigenvalue weighted by Gasteiger charge is -2.49. The second-order valence-corrected chi connectivity index (χ2v) is 9.98. The summed E-state index contributed by atoms with van der Waals surface area (Å²) in [5, 5.41) is 3.76. The van der Waals surface area contributed by atoms with Gasteiger partial charge >= 0.3 is 0 Å². The van der Waals surface area contributed by atoms with Gasteiger partial charge in [0.25, 0.3) is 5.91 Å². The summed E-state index contributed by atoms with van der Waals surface area (Å²) < 4.78 is 11.2. The van der Waals surface area contributed by atoms with Gasteiger partial charge in [-0.15, -0.1) is 11.3 Å². The van der Waals surface area contributed by atoms with E-state index >= 15 is 0 Å². The van der Waals surface area contributed by atoms with Gasteiger partial charge in [-0.1, -0.05) is 12.1 Å². The minimum atomic E-state index is -0.0814. The van der Waals surface area contributed by atoms with Gasteiger partial charge in [0, 0.05) is 60.4 Å². The van der Waals surface area contributed by atoms with Crippen molar-refractivity contribution in [3.63, 3.8) is 0 Å². The van der Waals surface area contributed by atoms with E-state index < -0.39 is 0 Å². The summed E-state index contributed by atoms with van der Waals surface area (Å²) in [4.78, 5) is 19.8. The monoisotopic (exact) mass is 415 g/mol. The SMILES string of the molecule is CCc1cc2c(s1)CCO[C@@]21CCN(CC2CN(C(=O)c3ccon3)C2)[C@@H](C)C1. The molecule has 0 aromatic carbocycles. The van der Waals surface area contributed by atoms with Crippen molar-refractivity contribution < 1.29 is 14.1 Å². The Morgan fingerprint density at radius 3 is 3.00 bits per heavy atom. The number of likely N-dealkylation sites (tertiary alicyclic amines) is 2. The molecule has 2 atom stereocenters. The average Bonchev–Trinajstić information content (AvgIpc) is 3.36. The first-order valence-electron chi connectivity index (χ1n) is 10.8. The van der Waals surface area contributed by atoms with Crippen LogP contribution in [0.2, 0.25) is 0 Å². The molecule has 0 bridgehead atoms. The van der Waals surface area contributed by atoms with Crippen molar-refractivity contribution in [3.8, 4) is 0 Å². The first-order chi connectivity index (χ1) is 14.1. The number of ether oxygens (including phenoxy) is 1. The molecule has 1 spiro atoms. The van der Waals surface area contributed by atoms with E-state index in [-0.39, 0.29) is 11.5 Å². The summed E-state index contributed by atoms with van der Waals surface area (Å²) in [7, 11) is 0. The maximum atomic E-state index is 12.3. The molecular formula is C22H29N3O3S. The Morgan fingerprint density at radius 2 is 2.28 bits per heavy atom. The fourth-order valence-electron chi connectivity index (χ4n) is 5.21. The van der Waals surface area contributed by atoms with Crippen LogP contribution in [0.4, 0.5) is 0 Å². The van der Waals surface area contributed by atoms with Crippen molar-refractivity contribution >= 4 is 17.2 Å². The Bertz CT molecular complexity index is 874. The summed E-state index contributed by atoms with van der Waals surface area (Å²) in [5.41, 5.74) is 1.80. The van der Waals surface area contributed by atoms with Crippen molar-refractivity contribution in [2.45, 2.75) is 51.2 Å². The predicted octanol–water partition coefficient (Wildman–Crippen LogP) is 3.32. The van der Waals surface area contributed by atoms with Crippen LogP contribution in [0.25, 0.3) is 0 Å². The molecule has 156 valence electrons. The Morgan fingerprint density at radius 1 is 1.41 bits per heavy atom. The van der Waals surface area contributed by atoms with Gasteiger partial charge in [-0.05, 0) is 37.8 Å². The third-order valence-corrected chi connectivity index (χ3v) is 8.19. The fraction of sp³-hybridized carbons (Fsp3) is 0.636. The van der Waals surface area contributed by atoms with Gasteiger partial charge in [0.05, 0.1) is 12.2 Å². The molecular weight excluding hydrogens is 386 g/mol. The van der Waals surface area contributed by atoms with Crippen LogP contribution < -0.4 is 0 Å². The van der Waals surface area contributed by atoms with E-state index in [0.29, 0.717) is 17.7 Å². The molecule has 2 aromatic heterocycles. The average molecular weight is 416 g/mol. The molecule has 6 nitrogen and oxygen atoms in total. The highest BCUT2D eigenvalue weighted by Gasteiger charge is 2.45. The van der Waals surface area contributed by atoms with Crippen molar-refractivity contribution in [1.82, 2.24) is 15.0 Å². The zero-order valence-corrected chi connectivity index (χ0v) is 18.0. The molecule has 1 amide bonds. The number of rotatable bonds is 4. The second-order valence-electron chi connectivity index (χ2n) is 8.75. The first kappa shape index (κ1) is 19.3. The van der Waals surface area contributed by atoms with Crippen LogP contribution in [-0.4, -0.2) is 59.7 Å². The van der Waals surface area contributed by atoms with Crippen molar-refractivity contribution in [2.75, 3.05) is 32.8 Å². The quantitative estimate of drug-likeness (QED) is 0.767. The molecule has 3 aliphatic heterocycles. The van der Waals surface area contributed by atoms with Gasteiger partial charge in [-0.2, -0.15) is 0 Å². The molecule has 7 heteroatoms. The molecule has 0 aliphatic carbocycles. The third-order valence-electron chi connectivity index (χ3n) is 6.85. The zero-order chi connectivity index (χ0) is 20.0. The molecule has 2 saturated heterocycles. The van der Waals surface area contributed by atoms with Crippen molar-refractivity contribution in [1.29, 1.82) is 0 Å². The summed E-state index contributed by atoms with van der Waals surface area (Å²) in [6, 6.07) is 4.54.